The maximum Gasteiger partial charge on any atom is 0.264 e. The summed E-state index contributed by atoms with van der Waals surface area (Å²) in [4.78, 5) is 17.5. The number of ether oxygens (including phenoxy) is 1. The van der Waals surface area contributed by atoms with Crippen molar-refractivity contribution in [3.8, 4) is 5.75 Å². The molecule has 1 heterocycles. The van der Waals surface area contributed by atoms with Gasteiger partial charge in [0, 0.05) is 44.8 Å². The van der Waals surface area contributed by atoms with Crippen molar-refractivity contribution in [3.63, 3.8) is 0 Å². The fraction of sp³-hybridized carbons (Fsp3) is 0.458. The van der Waals surface area contributed by atoms with Crippen molar-refractivity contribution in [1.82, 2.24) is 9.80 Å². The maximum absolute atomic E-state index is 13.1. The SMILES string of the molecule is COc1ccccc1N(C)S(=O)(=O)c1ccc(C(=O)N2CCN(C3CCCC3)CC2)cc1. The minimum absolute atomic E-state index is 0.0434. The standard InChI is InChI=1S/C24H31N3O4S/c1-25(22-9-5-6-10-23(22)31-2)32(29,30)21-13-11-19(12-14-21)24(28)27-17-15-26(16-18-27)20-7-3-4-8-20/h5-6,9-14,20H,3-4,7-8,15-18H2,1-2H3. The lowest BCUT2D eigenvalue weighted by atomic mass is 10.1. The number of carbonyl (C=O) groups excluding carboxylic acids is 1. The van der Waals surface area contributed by atoms with Gasteiger partial charge in [0.1, 0.15) is 5.75 Å². The smallest absolute Gasteiger partial charge is 0.264 e. The van der Waals surface area contributed by atoms with Crippen molar-refractivity contribution < 1.29 is 17.9 Å². The van der Waals surface area contributed by atoms with Gasteiger partial charge in [-0.1, -0.05) is 25.0 Å². The topological polar surface area (TPSA) is 70.2 Å². The molecule has 0 spiro atoms. The Balaban J connectivity index is 1.44. The van der Waals surface area contributed by atoms with Crippen molar-refractivity contribution in [2.45, 2.75) is 36.6 Å². The summed E-state index contributed by atoms with van der Waals surface area (Å²) in [6.45, 7) is 3.25. The highest BCUT2D eigenvalue weighted by atomic mass is 32.2. The number of para-hydroxylation sites is 2. The second-order valence-corrected chi connectivity index (χ2v) is 10.4. The second-order valence-electron chi connectivity index (χ2n) is 8.44. The molecule has 0 aromatic heterocycles. The zero-order chi connectivity index (χ0) is 22.7. The number of anilines is 1. The second kappa shape index (κ2) is 9.50. The Bertz CT molecular complexity index is 1040. The van der Waals surface area contributed by atoms with E-state index in [1.807, 2.05) is 4.90 Å². The molecule has 172 valence electrons. The average molecular weight is 458 g/mol. The summed E-state index contributed by atoms with van der Waals surface area (Å²) in [6, 6.07) is 13.9. The quantitative estimate of drug-likeness (QED) is 0.666. The van der Waals surface area contributed by atoms with Crippen LogP contribution in [-0.4, -0.2) is 70.5 Å². The number of sulfonamides is 1. The number of amides is 1. The normalized spacial score (nSPS) is 18.0. The minimum atomic E-state index is -3.79. The predicted octanol–water partition coefficient (Wildman–Crippen LogP) is 3.22. The average Bonchev–Trinajstić information content (AvgIpc) is 3.38. The lowest BCUT2D eigenvalue weighted by molar-refractivity contribution is 0.0573. The summed E-state index contributed by atoms with van der Waals surface area (Å²) >= 11 is 0. The molecule has 0 N–H and O–H groups in total. The summed E-state index contributed by atoms with van der Waals surface area (Å²) in [7, 11) is -0.784. The molecular weight excluding hydrogens is 426 g/mol. The van der Waals surface area contributed by atoms with Gasteiger partial charge in [0.25, 0.3) is 15.9 Å². The first-order chi connectivity index (χ1) is 15.4. The number of piperazine rings is 1. The zero-order valence-corrected chi connectivity index (χ0v) is 19.6. The summed E-state index contributed by atoms with van der Waals surface area (Å²) in [5, 5.41) is 0. The van der Waals surface area contributed by atoms with Gasteiger partial charge in [-0.15, -0.1) is 0 Å². The van der Waals surface area contributed by atoms with Crippen molar-refractivity contribution >= 4 is 21.6 Å². The van der Waals surface area contributed by atoms with Crippen molar-refractivity contribution in [2.75, 3.05) is 44.6 Å². The molecule has 0 atom stereocenters. The molecule has 8 heteroatoms. The Morgan fingerprint density at radius 3 is 2.22 bits per heavy atom. The third kappa shape index (κ3) is 4.47. The van der Waals surface area contributed by atoms with Gasteiger partial charge in [0.15, 0.2) is 0 Å². The van der Waals surface area contributed by atoms with Crippen LogP contribution in [0.25, 0.3) is 0 Å². The molecule has 1 amide bonds. The van der Waals surface area contributed by atoms with Crippen molar-refractivity contribution in [3.05, 3.63) is 54.1 Å². The molecule has 4 rings (SSSR count). The van der Waals surface area contributed by atoms with Crippen LogP contribution in [0.15, 0.2) is 53.4 Å². The van der Waals surface area contributed by atoms with Gasteiger partial charge in [-0.3, -0.25) is 14.0 Å². The Morgan fingerprint density at radius 2 is 1.59 bits per heavy atom. The van der Waals surface area contributed by atoms with E-state index in [2.05, 4.69) is 4.90 Å². The van der Waals surface area contributed by atoms with E-state index < -0.39 is 10.0 Å². The Morgan fingerprint density at radius 1 is 0.969 bits per heavy atom. The third-order valence-corrected chi connectivity index (χ3v) is 8.41. The van der Waals surface area contributed by atoms with Crippen LogP contribution in [0.4, 0.5) is 5.69 Å². The van der Waals surface area contributed by atoms with Gasteiger partial charge in [-0.2, -0.15) is 0 Å². The number of carbonyl (C=O) groups is 1. The van der Waals surface area contributed by atoms with Crippen LogP contribution in [-0.2, 0) is 10.0 Å². The highest BCUT2D eigenvalue weighted by molar-refractivity contribution is 7.92. The van der Waals surface area contributed by atoms with Crippen LogP contribution in [0.3, 0.4) is 0 Å². The van der Waals surface area contributed by atoms with Crippen molar-refractivity contribution in [2.24, 2.45) is 0 Å². The van der Waals surface area contributed by atoms with Gasteiger partial charge in [0.05, 0.1) is 17.7 Å². The van der Waals surface area contributed by atoms with E-state index in [9.17, 15) is 13.2 Å². The van der Waals surface area contributed by atoms with E-state index in [-0.39, 0.29) is 10.8 Å². The van der Waals surface area contributed by atoms with E-state index >= 15 is 0 Å². The van der Waals surface area contributed by atoms with E-state index in [4.69, 9.17) is 4.74 Å². The van der Waals surface area contributed by atoms with E-state index in [0.717, 1.165) is 13.1 Å². The molecule has 2 aromatic rings. The van der Waals surface area contributed by atoms with Crippen LogP contribution in [0.1, 0.15) is 36.0 Å². The Kier molecular flexibility index (Phi) is 6.71. The van der Waals surface area contributed by atoms with Gasteiger partial charge >= 0.3 is 0 Å². The molecule has 1 saturated carbocycles. The first-order valence-corrected chi connectivity index (χ1v) is 12.6. The first-order valence-electron chi connectivity index (χ1n) is 11.2. The zero-order valence-electron chi connectivity index (χ0n) is 18.7. The number of nitrogens with zero attached hydrogens (tertiary/aromatic N) is 3. The number of hydrogen-bond acceptors (Lipinski definition) is 5. The highest BCUT2D eigenvalue weighted by Crippen LogP contribution is 2.31. The third-order valence-electron chi connectivity index (χ3n) is 6.63. The van der Waals surface area contributed by atoms with Crippen LogP contribution in [0.5, 0.6) is 5.75 Å². The molecule has 0 radical (unpaired) electrons. The molecule has 1 saturated heterocycles. The van der Waals surface area contributed by atoms with Crippen LogP contribution in [0, 0.1) is 0 Å². The van der Waals surface area contributed by atoms with Crippen LogP contribution >= 0.6 is 0 Å². The first kappa shape index (κ1) is 22.6. The van der Waals surface area contributed by atoms with Crippen LogP contribution in [0.2, 0.25) is 0 Å². The maximum atomic E-state index is 13.1. The van der Waals surface area contributed by atoms with E-state index in [1.54, 1.807) is 36.4 Å². The monoisotopic (exact) mass is 457 g/mol. The van der Waals surface area contributed by atoms with Gasteiger partial charge in [-0.25, -0.2) is 8.42 Å². The Hall–Kier alpha value is -2.58. The molecule has 2 aliphatic rings. The largest absolute Gasteiger partial charge is 0.495 e. The summed E-state index contributed by atoms with van der Waals surface area (Å²) in [6.07, 6.45) is 5.16. The number of benzene rings is 2. The lowest BCUT2D eigenvalue weighted by Gasteiger charge is -2.38. The lowest BCUT2D eigenvalue weighted by Crippen LogP contribution is -2.51. The molecule has 1 aliphatic heterocycles. The number of hydrogen-bond donors (Lipinski definition) is 0. The van der Waals surface area contributed by atoms with Gasteiger partial charge in [0.2, 0.25) is 0 Å². The molecular formula is C24H31N3O4S. The molecule has 2 aromatic carbocycles. The summed E-state index contributed by atoms with van der Waals surface area (Å²) in [5.74, 6) is 0.431. The minimum Gasteiger partial charge on any atom is -0.495 e. The van der Waals surface area contributed by atoms with Gasteiger partial charge in [-0.05, 0) is 49.2 Å². The fourth-order valence-corrected chi connectivity index (χ4v) is 5.90. The molecule has 1 aliphatic carbocycles. The van der Waals surface area contributed by atoms with E-state index in [1.165, 1.54) is 56.3 Å². The number of rotatable bonds is 6. The Labute approximate surface area is 190 Å². The fourth-order valence-electron chi connectivity index (χ4n) is 4.69. The molecule has 0 unspecified atom stereocenters. The summed E-state index contributed by atoms with van der Waals surface area (Å²) < 4.78 is 32.7. The van der Waals surface area contributed by atoms with Crippen molar-refractivity contribution in [1.29, 1.82) is 0 Å². The highest BCUT2D eigenvalue weighted by Gasteiger charge is 2.29. The van der Waals surface area contributed by atoms with Crippen LogP contribution < -0.4 is 9.04 Å². The molecule has 32 heavy (non-hydrogen) atoms. The van der Waals surface area contributed by atoms with E-state index in [0.29, 0.717) is 36.1 Å². The van der Waals surface area contributed by atoms with Gasteiger partial charge < -0.3 is 9.64 Å². The molecule has 0 bridgehead atoms. The molecule has 2 fully saturated rings. The number of methoxy groups -OCH3 is 1. The summed E-state index contributed by atoms with van der Waals surface area (Å²) in [5.41, 5.74) is 0.966. The predicted molar refractivity (Wildman–Crippen MR) is 125 cm³/mol. The molecule has 7 nitrogen and oxygen atoms in total.